The fraction of sp³-hybridized carbons (Fsp3) is 0.167. The standard InChI is InChI=1S/C24H18F5NO/c1-2-18(31-14-16-11-7-4-8-12-16)17(13-15-9-5-3-6-10-15)30-24-22(28)20(26)19(25)21(27)23(24)29/h1,3-12,17-18,30H,13-14H2/t17-,18-/m1/s1. The summed E-state index contributed by atoms with van der Waals surface area (Å²) < 4.78 is 75.0. The number of halogens is 5. The van der Waals surface area contributed by atoms with Gasteiger partial charge in [-0.05, 0) is 17.5 Å². The Balaban J connectivity index is 1.92. The van der Waals surface area contributed by atoms with Crippen molar-refractivity contribution in [2.24, 2.45) is 0 Å². The molecule has 0 fully saturated rings. The van der Waals surface area contributed by atoms with E-state index in [1.54, 1.807) is 54.6 Å². The molecule has 0 saturated heterocycles. The molecule has 2 atom stereocenters. The maximum absolute atomic E-state index is 14.2. The lowest BCUT2D eigenvalue weighted by Gasteiger charge is -2.26. The van der Waals surface area contributed by atoms with Gasteiger partial charge in [0.05, 0.1) is 12.6 Å². The first-order valence-electron chi connectivity index (χ1n) is 9.36. The highest BCUT2D eigenvalue weighted by Gasteiger charge is 2.29. The average molecular weight is 431 g/mol. The number of anilines is 1. The van der Waals surface area contributed by atoms with E-state index in [0.29, 0.717) is 0 Å². The first-order valence-corrected chi connectivity index (χ1v) is 9.36. The van der Waals surface area contributed by atoms with Crippen molar-refractivity contribution in [3.8, 4) is 12.3 Å². The number of rotatable bonds is 8. The number of hydrogen-bond donors (Lipinski definition) is 1. The zero-order valence-corrected chi connectivity index (χ0v) is 16.2. The van der Waals surface area contributed by atoms with Crippen LogP contribution in [0.1, 0.15) is 11.1 Å². The first-order chi connectivity index (χ1) is 14.9. The van der Waals surface area contributed by atoms with Crippen molar-refractivity contribution in [3.63, 3.8) is 0 Å². The molecule has 160 valence electrons. The molecule has 0 unspecified atom stereocenters. The molecule has 0 amide bonds. The van der Waals surface area contributed by atoms with Crippen molar-refractivity contribution in [1.29, 1.82) is 0 Å². The summed E-state index contributed by atoms with van der Waals surface area (Å²) in [6.07, 6.45) is 4.68. The summed E-state index contributed by atoms with van der Waals surface area (Å²) in [5.74, 6) is -7.83. The summed E-state index contributed by atoms with van der Waals surface area (Å²) in [5, 5.41) is 2.40. The second-order valence-electron chi connectivity index (χ2n) is 6.77. The monoisotopic (exact) mass is 431 g/mol. The maximum Gasteiger partial charge on any atom is 0.200 e. The van der Waals surface area contributed by atoms with Gasteiger partial charge in [-0.15, -0.1) is 6.42 Å². The predicted molar refractivity (Wildman–Crippen MR) is 108 cm³/mol. The van der Waals surface area contributed by atoms with Gasteiger partial charge in [0.25, 0.3) is 0 Å². The van der Waals surface area contributed by atoms with Crippen molar-refractivity contribution in [2.75, 3.05) is 5.32 Å². The highest BCUT2D eigenvalue weighted by molar-refractivity contribution is 5.49. The molecule has 0 aliphatic rings. The number of ether oxygens (including phenoxy) is 1. The third-order valence-corrected chi connectivity index (χ3v) is 4.64. The summed E-state index contributed by atoms with van der Waals surface area (Å²) in [5.41, 5.74) is 0.380. The summed E-state index contributed by atoms with van der Waals surface area (Å²) in [4.78, 5) is 0. The van der Waals surface area contributed by atoms with Crippen molar-refractivity contribution in [2.45, 2.75) is 25.2 Å². The largest absolute Gasteiger partial charge is 0.373 e. The van der Waals surface area contributed by atoms with E-state index in [4.69, 9.17) is 11.2 Å². The topological polar surface area (TPSA) is 21.3 Å². The van der Waals surface area contributed by atoms with Crippen LogP contribution < -0.4 is 5.32 Å². The van der Waals surface area contributed by atoms with Crippen LogP contribution in [0.25, 0.3) is 0 Å². The Morgan fingerprint density at radius 2 is 1.23 bits per heavy atom. The molecule has 31 heavy (non-hydrogen) atoms. The molecule has 0 aliphatic heterocycles. The van der Waals surface area contributed by atoms with E-state index in [1.165, 1.54) is 0 Å². The average Bonchev–Trinajstić information content (AvgIpc) is 2.80. The van der Waals surface area contributed by atoms with Gasteiger partial charge in [-0.1, -0.05) is 66.6 Å². The smallest absolute Gasteiger partial charge is 0.200 e. The van der Waals surface area contributed by atoms with Crippen molar-refractivity contribution >= 4 is 5.69 Å². The van der Waals surface area contributed by atoms with Gasteiger partial charge in [-0.25, -0.2) is 22.0 Å². The molecule has 0 spiro atoms. The van der Waals surface area contributed by atoms with Gasteiger partial charge in [-0.2, -0.15) is 0 Å². The second kappa shape index (κ2) is 10.1. The number of terminal acetylenes is 1. The van der Waals surface area contributed by atoms with Gasteiger partial charge in [0, 0.05) is 0 Å². The minimum absolute atomic E-state index is 0.0970. The van der Waals surface area contributed by atoms with E-state index in [1.807, 2.05) is 6.07 Å². The zero-order chi connectivity index (χ0) is 22.4. The quantitative estimate of drug-likeness (QED) is 0.216. The number of benzene rings is 3. The summed E-state index contributed by atoms with van der Waals surface area (Å²) in [6.45, 7) is 0.0970. The minimum atomic E-state index is -2.23. The molecule has 7 heteroatoms. The molecular weight excluding hydrogens is 413 g/mol. The maximum atomic E-state index is 14.2. The molecule has 2 nitrogen and oxygen atoms in total. The third-order valence-electron chi connectivity index (χ3n) is 4.64. The van der Waals surface area contributed by atoms with Crippen molar-refractivity contribution in [1.82, 2.24) is 0 Å². The highest BCUT2D eigenvalue weighted by Crippen LogP contribution is 2.29. The van der Waals surface area contributed by atoms with Crippen LogP contribution >= 0.6 is 0 Å². The Morgan fingerprint density at radius 3 is 1.74 bits per heavy atom. The Bertz CT molecular complexity index is 1040. The normalized spacial score (nSPS) is 12.8. The Hall–Kier alpha value is -3.37. The van der Waals surface area contributed by atoms with E-state index in [-0.39, 0.29) is 13.0 Å². The van der Waals surface area contributed by atoms with Crippen LogP contribution in [0.5, 0.6) is 0 Å². The lowest BCUT2D eigenvalue weighted by molar-refractivity contribution is 0.0655. The number of hydrogen-bond acceptors (Lipinski definition) is 2. The van der Waals surface area contributed by atoms with Gasteiger partial charge < -0.3 is 10.1 Å². The molecule has 0 aromatic heterocycles. The lowest BCUT2D eigenvalue weighted by Crippen LogP contribution is -2.37. The summed E-state index contributed by atoms with van der Waals surface area (Å²) in [6, 6.07) is 16.8. The van der Waals surface area contributed by atoms with Gasteiger partial charge in [0.2, 0.25) is 5.82 Å². The van der Waals surface area contributed by atoms with Crippen LogP contribution in [0.15, 0.2) is 60.7 Å². The van der Waals surface area contributed by atoms with Crippen LogP contribution in [0.4, 0.5) is 27.6 Å². The van der Waals surface area contributed by atoms with Crippen LogP contribution in [-0.4, -0.2) is 12.1 Å². The molecular formula is C24H18F5NO. The van der Waals surface area contributed by atoms with Crippen molar-refractivity contribution in [3.05, 3.63) is 101 Å². The Morgan fingerprint density at radius 1 is 0.742 bits per heavy atom. The van der Waals surface area contributed by atoms with Crippen LogP contribution in [0.3, 0.4) is 0 Å². The molecule has 0 saturated carbocycles. The van der Waals surface area contributed by atoms with E-state index >= 15 is 0 Å². The molecule has 1 N–H and O–H groups in total. The van der Waals surface area contributed by atoms with Gasteiger partial charge in [0.1, 0.15) is 11.8 Å². The molecule has 3 aromatic rings. The lowest BCUT2D eigenvalue weighted by atomic mass is 10.0. The summed E-state index contributed by atoms with van der Waals surface area (Å²) in [7, 11) is 0. The first kappa shape index (κ1) is 22.3. The van der Waals surface area contributed by atoms with Gasteiger partial charge >= 0.3 is 0 Å². The van der Waals surface area contributed by atoms with Gasteiger partial charge in [-0.3, -0.25) is 0 Å². The summed E-state index contributed by atoms with van der Waals surface area (Å²) >= 11 is 0. The minimum Gasteiger partial charge on any atom is -0.373 e. The van der Waals surface area contributed by atoms with E-state index in [2.05, 4.69) is 11.2 Å². The Labute approximate surface area is 176 Å². The molecule has 3 aromatic carbocycles. The SMILES string of the molecule is C#C[C@@H](OCc1ccccc1)[C@@H](Cc1ccccc1)Nc1c(F)c(F)c(F)c(F)c1F. The van der Waals surface area contributed by atoms with E-state index in [0.717, 1.165) is 11.1 Å². The molecule has 0 aliphatic carbocycles. The molecule has 3 rings (SSSR count). The zero-order valence-electron chi connectivity index (χ0n) is 16.2. The van der Waals surface area contributed by atoms with Crippen LogP contribution in [-0.2, 0) is 17.8 Å². The molecule has 0 bridgehead atoms. The molecule has 0 heterocycles. The predicted octanol–water partition coefficient (Wildman–Crippen LogP) is 5.62. The van der Waals surface area contributed by atoms with Crippen LogP contribution in [0, 0.1) is 41.4 Å². The van der Waals surface area contributed by atoms with E-state index < -0.39 is 46.9 Å². The second-order valence-corrected chi connectivity index (χ2v) is 6.77. The van der Waals surface area contributed by atoms with E-state index in [9.17, 15) is 22.0 Å². The fourth-order valence-corrected chi connectivity index (χ4v) is 3.06. The third kappa shape index (κ3) is 5.22. The molecule has 0 radical (unpaired) electrons. The van der Waals surface area contributed by atoms with Crippen molar-refractivity contribution < 1.29 is 26.7 Å². The van der Waals surface area contributed by atoms with Gasteiger partial charge in [0.15, 0.2) is 23.3 Å². The Kier molecular flexibility index (Phi) is 7.27. The fourth-order valence-electron chi connectivity index (χ4n) is 3.06. The number of nitrogens with one attached hydrogen (secondary N) is 1. The highest BCUT2D eigenvalue weighted by atomic mass is 19.2. The van der Waals surface area contributed by atoms with Crippen LogP contribution in [0.2, 0.25) is 0 Å².